The number of benzene rings is 1. The lowest BCUT2D eigenvalue weighted by Crippen LogP contribution is -1.96. The maximum atomic E-state index is 5.77. The van der Waals surface area contributed by atoms with Crippen LogP contribution in [0.2, 0.25) is 0 Å². The molecule has 1 aromatic carbocycles. The molecule has 14 heavy (non-hydrogen) atoms. The van der Waals surface area contributed by atoms with Gasteiger partial charge in [-0.1, -0.05) is 6.92 Å². The van der Waals surface area contributed by atoms with Gasteiger partial charge in [0.15, 0.2) is 0 Å². The molecule has 0 heterocycles. The standard InChI is InChI=1S/C11H17NOS/c1-3-7-14-9-5-6-10(12)11(8-9)13-4-2/h5-6,8H,3-4,7,12H2,1-2H3. The van der Waals surface area contributed by atoms with E-state index in [1.165, 1.54) is 11.3 Å². The summed E-state index contributed by atoms with van der Waals surface area (Å²) in [5.41, 5.74) is 6.49. The Balaban J connectivity index is 2.72. The van der Waals surface area contributed by atoms with Crippen LogP contribution in [0.1, 0.15) is 20.3 Å². The molecule has 0 aliphatic heterocycles. The van der Waals surface area contributed by atoms with E-state index < -0.39 is 0 Å². The molecule has 2 N–H and O–H groups in total. The Morgan fingerprint density at radius 1 is 1.36 bits per heavy atom. The van der Waals surface area contributed by atoms with Gasteiger partial charge in [-0.25, -0.2) is 0 Å². The predicted molar refractivity (Wildman–Crippen MR) is 63.0 cm³/mol. The van der Waals surface area contributed by atoms with Crippen LogP contribution in [-0.4, -0.2) is 12.4 Å². The molecule has 78 valence electrons. The van der Waals surface area contributed by atoms with Gasteiger partial charge in [0.2, 0.25) is 0 Å². The van der Waals surface area contributed by atoms with Gasteiger partial charge >= 0.3 is 0 Å². The third kappa shape index (κ3) is 3.14. The average molecular weight is 211 g/mol. The quantitative estimate of drug-likeness (QED) is 0.600. The molecule has 1 rings (SSSR count). The lowest BCUT2D eigenvalue weighted by Gasteiger charge is -2.08. The van der Waals surface area contributed by atoms with Crippen molar-refractivity contribution < 1.29 is 4.74 Å². The summed E-state index contributed by atoms with van der Waals surface area (Å²) in [5.74, 6) is 1.93. The number of hydrogen-bond donors (Lipinski definition) is 1. The molecule has 0 aromatic heterocycles. The molecule has 0 spiro atoms. The Morgan fingerprint density at radius 2 is 2.14 bits per heavy atom. The monoisotopic (exact) mass is 211 g/mol. The van der Waals surface area contributed by atoms with Gasteiger partial charge in [-0.2, -0.15) is 0 Å². The lowest BCUT2D eigenvalue weighted by atomic mass is 10.3. The third-order valence-corrected chi connectivity index (χ3v) is 2.96. The molecule has 1 aromatic rings. The van der Waals surface area contributed by atoms with E-state index in [4.69, 9.17) is 10.5 Å². The Bertz CT molecular complexity index is 289. The third-order valence-electron chi connectivity index (χ3n) is 1.76. The summed E-state index contributed by atoms with van der Waals surface area (Å²) in [6, 6.07) is 5.96. The Hall–Kier alpha value is -0.830. The highest BCUT2D eigenvalue weighted by atomic mass is 32.2. The molecule has 0 amide bonds. The number of hydrogen-bond acceptors (Lipinski definition) is 3. The van der Waals surface area contributed by atoms with Gasteiger partial charge < -0.3 is 10.5 Å². The van der Waals surface area contributed by atoms with Crippen molar-refractivity contribution in [3.63, 3.8) is 0 Å². The van der Waals surface area contributed by atoms with Crippen molar-refractivity contribution in [1.82, 2.24) is 0 Å². The molecular weight excluding hydrogens is 194 g/mol. The molecule has 0 fully saturated rings. The number of thioether (sulfide) groups is 1. The number of anilines is 1. The Labute approximate surface area is 89.8 Å². The summed E-state index contributed by atoms with van der Waals surface area (Å²) in [6.07, 6.45) is 1.18. The first-order valence-corrected chi connectivity index (χ1v) is 5.91. The van der Waals surface area contributed by atoms with Crippen LogP contribution in [0.3, 0.4) is 0 Å². The van der Waals surface area contributed by atoms with Gasteiger partial charge in [0, 0.05) is 4.90 Å². The zero-order valence-corrected chi connectivity index (χ0v) is 9.56. The van der Waals surface area contributed by atoms with E-state index in [0.717, 1.165) is 11.5 Å². The van der Waals surface area contributed by atoms with E-state index in [0.29, 0.717) is 12.3 Å². The summed E-state index contributed by atoms with van der Waals surface area (Å²) in [5, 5.41) is 0. The van der Waals surface area contributed by atoms with Gasteiger partial charge in [0.1, 0.15) is 5.75 Å². The highest BCUT2D eigenvalue weighted by molar-refractivity contribution is 7.99. The highest BCUT2D eigenvalue weighted by Crippen LogP contribution is 2.28. The van der Waals surface area contributed by atoms with E-state index in [1.807, 2.05) is 36.9 Å². The molecule has 0 bridgehead atoms. The van der Waals surface area contributed by atoms with E-state index in [2.05, 4.69) is 6.92 Å². The zero-order valence-electron chi connectivity index (χ0n) is 8.75. The molecule has 2 nitrogen and oxygen atoms in total. The molecule has 0 saturated carbocycles. The van der Waals surface area contributed by atoms with Gasteiger partial charge in [0.25, 0.3) is 0 Å². The Morgan fingerprint density at radius 3 is 2.79 bits per heavy atom. The summed E-state index contributed by atoms with van der Waals surface area (Å²) in [6.45, 7) is 4.80. The van der Waals surface area contributed by atoms with Crippen LogP contribution in [-0.2, 0) is 0 Å². The van der Waals surface area contributed by atoms with Crippen LogP contribution in [0.15, 0.2) is 23.1 Å². The second-order valence-electron chi connectivity index (χ2n) is 2.98. The smallest absolute Gasteiger partial charge is 0.143 e. The van der Waals surface area contributed by atoms with Crippen LogP contribution in [0.25, 0.3) is 0 Å². The van der Waals surface area contributed by atoms with Crippen LogP contribution >= 0.6 is 11.8 Å². The molecule has 0 aliphatic rings. The van der Waals surface area contributed by atoms with Crippen molar-refractivity contribution in [2.24, 2.45) is 0 Å². The number of ether oxygens (including phenoxy) is 1. The molecule has 0 radical (unpaired) electrons. The number of rotatable bonds is 5. The van der Waals surface area contributed by atoms with Crippen molar-refractivity contribution >= 4 is 17.4 Å². The zero-order chi connectivity index (χ0) is 10.4. The van der Waals surface area contributed by atoms with Crippen LogP contribution in [0.5, 0.6) is 5.75 Å². The van der Waals surface area contributed by atoms with Gasteiger partial charge in [-0.05, 0) is 37.3 Å². The van der Waals surface area contributed by atoms with E-state index in [-0.39, 0.29) is 0 Å². The number of nitrogen functional groups attached to an aromatic ring is 1. The first kappa shape index (κ1) is 11.2. The lowest BCUT2D eigenvalue weighted by molar-refractivity contribution is 0.341. The normalized spacial score (nSPS) is 10.1. The van der Waals surface area contributed by atoms with E-state index >= 15 is 0 Å². The SMILES string of the molecule is CCCSc1ccc(N)c(OCC)c1. The van der Waals surface area contributed by atoms with Gasteiger partial charge in [-0.3, -0.25) is 0 Å². The van der Waals surface area contributed by atoms with Crippen molar-refractivity contribution in [1.29, 1.82) is 0 Å². The molecule has 0 unspecified atom stereocenters. The maximum Gasteiger partial charge on any atom is 0.143 e. The van der Waals surface area contributed by atoms with Crippen LogP contribution in [0, 0.1) is 0 Å². The molecule has 0 atom stereocenters. The topological polar surface area (TPSA) is 35.2 Å². The first-order chi connectivity index (χ1) is 6.77. The molecule has 0 aliphatic carbocycles. The maximum absolute atomic E-state index is 5.77. The fourth-order valence-electron chi connectivity index (χ4n) is 1.10. The fraction of sp³-hybridized carbons (Fsp3) is 0.455. The first-order valence-electron chi connectivity index (χ1n) is 4.93. The summed E-state index contributed by atoms with van der Waals surface area (Å²) < 4.78 is 5.42. The van der Waals surface area contributed by atoms with Crippen molar-refractivity contribution in [2.75, 3.05) is 18.1 Å². The van der Waals surface area contributed by atoms with Gasteiger partial charge in [-0.15, -0.1) is 11.8 Å². The average Bonchev–Trinajstić information content (AvgIpc) is 2.19. The van der Waals surface area contributed by atoms with Crippen molar-refractivity contribution in [2.45, 2.75) is 25.2 Å². The second-order valence-corrected chi connectivity index (χ2v) is 4.15. The molecule has 3 heteroatoms. The highest BCUT2D eigenvalue weighted by Gasteiger charge is 2.01. The minimum atomic E-state index is 0.659. The van der Waals surface area contributed by atoms with E-state index in [9.17, 15) is 0 Å². The number of nitrogens with two attached hydrogens (primary N) is 1. The molecule has 0 saturated heterocycles. The largest absolute Gasteiger partial charge is 0.492 e. The summed E-state index contributed by atoms with van der Waals surface area (Å²) >= 11 is 1.83. The minimum Gasteiger partial charge on any atom is -0.492 e. The van der Waals surface area contributed by atoms with Gasteiger partial charge in [0.05, 0.1) is 12.3 Å². The predicted octanol–water partition coefficient (Wildman–Crippen LogP) is 3.17. The van der Waals surface area contributed by atoms with Crippen LogP contribution in [0.4, 0.5) is 5.69 Å². The second kappa shape index (κ2) is 5.81. The minimum absolute atomic E-state index is 0.659. The van der Waals surface area contributed by atoms with Crippen molar-refractivity contribution in [3.05, 3.63) is 18.2 Å². The summed E-state index contributed by atoms with van der Waals surface area (Å²) in [4.78, 5) is 1.23. The summed E-state index contributed by atoms with van der Waals surface area (Å²) in [7, 11) is 0. The fourth-order valence-corrected chi connectivity index (χ4v) is 1.90. The Kier molecular flexibility index (Phi) is 4.66. The van der Waals surface area contributed by atoms with Crippen LogP contribution < -0.4 is 10.5 Å². The molecular formula is C11H17NOS. The van der Waals surface area contributed by atoms with E-state index in [1.54, 1.807) is 0 Å². The van der Waals surface area contributed by atoms with Crippen molar-refractivity contribution in [3.8, 4) is 5.75 Å².